The van der Waals surface area contributed by atoms with Gasteiger partial charge < -0.3 is 23.7 Å². The van der Waals surface area contributed by atoms with Gasteiger partial charge in [-0.15, -0.1) is 0 Å². The molecule has 0 unspecified atom stereocenters. The van der Waals surface area contributed by atoms with E-state index in [-0.39, 0.29) is 24.3 Å². The zero-order valence-electron chi connectivity index (χ0n) is 22.9. The Morgan fingerprint density at radius 2 is 1.85 bits per heavy atom. The maximum absolute atomic E-state index is 13.8. The summed E-state index contributed by atoms with van der Waals surface area (Å²) in [5, 5.41) is 0. The molecule has 10 nitrogen and oxygen atoms in total. The third kappa shape index (κ3) is 5.94. The van der Waals surface area contributed by atoms with Gasteiger partial charge in [0.05, 0.1) is 49.3 Å². The first kappa shape index (κ1) is 28.6. The van der Waals surface area contributed by atoms with Crippen molar-refractivity contribution >= 4 is 29.4 Å². The molecule has 0 amide bonds. The second-order valence-electron chi connectivity index (χ2n) is 8.58. The van der Waals surface area contributed by atoms with E-state index in [9.17, 15) is 14.4 Å². The van der Waals surface area contributed by atoms with Crippen LogP contribution in [0.15, 0.2) is 63.5 Å². The fourth-order valence-electron chi connectivity index (χ4n) is 4.27. The van der Waals surface area contributed by atoms with Gasteiger partial charge in [-0.3, -0.25) is 9.36 Å². The summed E-state index contributed by atoms with van der Waals surface area (Å²) >= 11 is 1.22. The minimum absolute atomic E-state index is 0.160. The fourth-order valence-corrected chi connectivity index (χ4v) is 5.31. The Balaban J connectivity index is 1.89. The molecule has 0 saturated carbocycles. The zero-order valence-corrected chi connectivity index (χ0v) is 23.7. The van der Waals surface area contributed by atoms with E-state index in [0.717, 1.165) is 5.56 Å². The summed E-state index contributed by atoms with van der Waals surface area (Å²) in [6, 6.07) is 11.6. The topological polar surface area (TPSA) is 115 Å². The highest BCUT2D eigenvalue weighted by Gasteiger charge is 2.34. The SMILES string of the molecule is CCOC(=O)C1=C(C)N=c2s/c(=C\c3cccc(OC)c3)c(=O)n2[C@@H]1c1ccc(OCC(=O)OC)c(OCC)c1. The molecule has 0 radical (unpaired) electrons. The highest BCUT2D eigenvalue weighted by molar-refractivity contribution is 7.07. The maximum Gasteiger partial charge on any atom is 0.343 e. The van der Waals surface area contributed by atoms with Gasteiger partial charge in [-0.1, -0.05) is 29.5 Å². The molecule has 2 aromatic carbocycles. The van der Waals surface area contributed by atoms with Crippen molar-refractivity contribution in [2.45, 2.75) is 26.8 Å². The molecule has 4 rings (SSSR count). The van der Waals surface area contributed by atoms with Crippen molar-refractivity contribution in [2.24, 2.45) is 4.99 Å². The highest BCUT2D eigenvalue weighted by Crippen LogP contribution is 2.36. The number of carbonyl (C=O) groups is 2. The van der Waals surface area contributed by atoms with E-state index >= 15 is 0 Å². The fraction of sp³-hybridized carbons (Fsp3) is 0.310. The zero-order chi connectivity index (χ0) is 28.8. The summed E-state index contributed by atoms with van der Waals surface area (Å²) in [7, 11) is 2.85. The first-order valence-corrected chi connectivity index (χ1v) is 13.4. The number of rotatable bonds is 10. The van der Waals surface area contributed by atoms with Crippen molar-refractivity contribution in [1.29, 1.82) is 0 Å². The Labute approximate surface area is 234 Å². The number of fused-ring (bicyclic) bond motifs is 1. The normalized spacial score (nSPS) is 14.7. The van der Waals surface area contributed by atoms with Crippen LogP contribution in [0.4, 0.5) is 0 Å². The quantitative estimate of drug-likeness (QED) is 0.344. The molecule has 0 fully saturated rings. The highest BCUT2D eigenvalue weighted by atomic mass is 32.1. The molecule has 1 aromatic heterocycles. The molecule has 1 aliphatic heterocycles. The lowest BCUT2D eigenvalue weighted by atomic mass is 9.95. The Hall–Kier alpha value is -4.38. The number of ether oxygens (including phenoxy) is 5. The summed E-state index contributed by atoms with van der Waals surface area (Å²) in [5.74, 6) is 0.218. The van der Waals surface area contributed by atoms with E-state index in [0.29, 0.717) is 44.4 Å². The van der Waals surface area contributed by atoms with Crippen LogP contribution >= 0.6 is 11.3 Å². The van der Waals surface area contributed by atoms with E-state index in [1.807, 2.05) is 31.2 Å². The van der Waals surface area contributed by atoms with E-state index in [4.69, 9.17) is 18.9 Å². The minimum Gasteiger partial charge on any atom is -0.497 e. The molecule has 1 aliphatic rings. The summed E-state index contributed by atoms with van der Waals surface area (Å²) in [6.07, 6.45) is 1.77. The molecule has 11 heteroatoms. The summed E-state index contributed by atoms with van der Waals surface area (Å²) in [5.41, 5.74) is 1.75. The lowest BCUT2D eigenvalue weighted by molar-refractivity contribution is -0.143. The number of nitrogens with zero attached hydrogens (tertiary/aromatic N) is 2. The first-order valence-electron chi connectivity index (χ1n) is 12.6. The van der Waals surface area contributed by atoms with Gasteiger partial charge in [0.2, 0.25) is 0 Å². The maximum atomic E-state index is 13.8. The van der Waals surface area contributed by atoms with E-state index in [2.05, 4.69) is 9.73 Å². The van der Waals surface area contributed by atoms with Crippen molar-refractivity contribution < 1.29 is 33.3 Å². The monoisotopic (exact) mass is 566 g/mol. The number of allylic oxidation sites excluding steroid dienone is 1. The van der Waals surface area contributed by atoms with Gasteiger partial charge in [-0.25, -0.2) is 14.6 Å². The van der Waals surface area contributed by atoms with Gasteiger partial charge in [0.25, 0.3) is 5.56 Å². The predicted octanol–water partition coefficient (Wildman–Crippen LogP) is 2.76. The summed E-state index contributed by atoms with van der Waals surface area (Å²) < 4.78 is 28.7. The Kier molecular flexibility index (Phi) is 9.05. The molecule has 210 valence electrons. The van der Waals surface area contributed by atoms with Crippen LogP contribution in [0.5, 0.6) is 17.2 Å². The average molecular weight is 567 g/mol. The van der Waals surface area contributed by atoms with Crippen LogP contribution < -0.4 is 29.1 Å². The number of methoxy groups -OCH3 is 2. The van der Waals surface area contributed by atoms with Gasteiger partial charge in [0, 0.05) is 0 Å². The number of carbonyl (C=O) groups excluding carboxylic acids is 2. The third-order valence-corrected chi connectivity index (χ3v) is 7.05. The standard InChI is InChI=1S/C29H30N2O8S/c1-6-37-22-15-19(11-12-21(22)39-16-24(32)36-5)26-25(28(34)38-7-2)17(3)30-29-31(26)27(33)23(40-29)14-18-9-8-10-20(13-18)35-4/h8-15,26H,6-7,16H2,1-5H3/b23-14-/t26-/m1/s1. The minimum atomic E-state index is -0.836. The molecule has 0 aliphatic carbocycles. The van der Waals surface area contributed by atoms with Gasteiger partial charge in [-0.2, -0.15) is 0 Å². The number of aromatic nitrogens is 1. The first-order chi connectivity index (χ1) is 19.3. The summed E-state index contributed by atoms with van der Waals surface area (Å²) in [4.78, 5) is 43.7. The second-order valence-corrected chi connectivity index (χ2v) is 9.59. The molecular weight excluding hydrogens is 536 g/mol. The molecule has 3 aromatic rings. The van der Waals surface area contributed by atoms with Crippen LogP contribution in [0, 0.1) is 0 Å². The average Bonchev–Trinajstić information content (AvgIpc) is 3.25. The van der Waals surface area contributed by atoms with Crippen molar-refractivity contribution in [3.63, 3.8) is 0 Å². The molecular formula is C29H30N2O8S. The van der Waals surface area contributed by atoms with Crippen LogP contribution in [-0.2, 0) is 19.1 Å². The number of hydrogen-bond acceptors (Lipinski definition) is 10. The number of esters is 2. The van der Waals surface area contributed by atoms with Gasteiger partial charge in [-0.05, 0) is 62.2 Å². The smallest absolute Gasteiger partial charge is 0.343 e. The van der Waals surface area contributed by atoms with Crippen LogP contribution in [0.25, 0.3) is 6.08 Å². The van der Waals surface area contributed by atoms with Crippen LogP contribution in [-0.4, -0.2) is 50.5 Å². The number of hydrogen-bond donors (Lipinski definition) is 0. The third-order valence-electron chi connectivity index (χ3n) is 6.07. The Bertz CT molecular complexity index is 1640. The van der Waals surface area contributed by atoms with Crippen molar-refractivity contribution in [1.82, 2.24) is 4.57 Å². The van der Waals surface area contributed by atoms with Crippen molar-refractivity contribution in [3.8, 4) is 17.2 Å². The predicted molar refractivity (Wildman–Crippen MR) is 149 cm³/mol. The molecule has 0 saturated heterocycles. The largest absolute Gasteiger partial charge is 0.497 e. The molecule has 1 atom stereocenters. The molecule has 0 spiro atoms. The Morgan fingerprint density at radius 3 is 2.55 bits per heavy atom. The molecule has 0 N–H and O–H groups in total. The van der Waals surface area contributed by atoms with E-state index < -0.39 is 18.0 Å². The molecule has 40 heavy (non-hydrogen) atoms. The molecule has 2 heterocycles. The lowest BCUT2D eigenvalue weighted by Crippen LogP contribution is -2.40. The van der Waals surface area contributed by atoms with Crippen molar-refractivity contribution in [3.05, 3.63) is 84.5 Å². The second kappa shape index (κ2) is 12.6. The van der Waals surface area contributed by atoms with Crippen LogP contribution in [0.3, 0.4) is 0 Å². The lowest BCUT2D eigenvalue weighted by Gasteiger charge is -2.25. The van der Waals surface area contributed by atoms with E-state index in [1.54, 1.807) is 45.2 Å². The number of benzene rings is 2. The van der Waals surface area contributed by atoms with Gasteiger partial charge >= 0.3 is 11.9 Å². The van der Waals surface area contributed by atoms with Crippen molar-refractivity contribution in [2.75, 3.05) is 34.0 Å². The Morgan fingerprint density at radius 1 is 1.05 bits per heavy atom. The van der Waals surface area contributed by atoms with Crippen LogP contribution in [0.1, 0.15) is 37.9 Å². The summed E-state index contributed by atoms with van der Waals surface area (Å²) in [6.45, 7) is 5.42. The van der Waals surface area contributed by atoms with Gasteiger partial charge in [0.15, 0.2) is 22.9 Å². The van der Waals surface area contributed by atoms with Gasteiger partial charge in [0.1, 0.15) is 5.75 Å². The van der Waals surface area contributed by atoms with Crippen LogP contribution in [0.2, 0.25) is 0 Å². The number of thiazole rings is 1. The van der Waals surface area contributed by atoms with E-state index in [1.165, 1.54) is 23.0 Å². The molecule has 0 bridgehead atoms.